The average molecular weight is 290 g/mol. The van der Waals surface area contributed by atoms with Crippen LogP contribution in [-0.4, -0.2) is 44.2 Å². The van der Waals surface area contributed by atoms with Gasteiger partial charge in [0.2, 0.25) is 0 Å². The minimum absolute atomic E-state index is 0.0334. The second-order valence-corrected chi connectivity index (χ2v) is 4.54. The van der Waals surface area contributed by atoms with Gasteiger partial charge < -0.3 is 10.0 Å². The number of nitrogens with zero attached hydrogens (tertiary/aromatic N) is 3. The zero-order valence-corrected chi connectivity index (χ0v) is 11.5. The molecule has 0 radical (unpaired) electrons. The highest BCUT2D eigenvalue weighted by atomic mass is 16.3. The van der Waals surface area contributed by atoms with E-state index in [-0.39, 0.29) is 18.1 Å². The summed E-state index contributed by atoms with van der Waals surface area (Å²) in [5, 5.41) is 11.0. The Hall–Kier alpha value is -2.90. The fourth-order valence-electron chi connectivity index (χ4n) is 2.15. The minimum Gasteiger partial charge on any atom is -0.483 e. The maximum Gasteiger partial charge on any atom is 0.343 e. The normalized spacial score (nSPS) is 12.7. The van der Waals surface area contributed by atoms with Gasteiger partial charge in [0.25, 0.3) is 12.4 Å². The molecular weight excluding hydrogens is 276 g/mol. The topological polar surface area (TPSA) is 108 Å². The second kappa shape index (κ2) is 5.61. The van der Waals surface area contributed by atoms with Crippen molar-refractivity contribution in [1.29, 1.82) is 0 Å². The summed E-state index contributed by atoms with van der Waals surface area (Å²) in [6.07, 6.45) is 0. The molecule has 0 atom stereocenters. The summed E-state index contributed by atoms with van der Waals surface area (Å²) in [5.74, 6) is 0.554. The molecule has 2 N–H and O–H groups in total. The van der Waals surface area contributed by atoms with E-state index in [1.54, 1.807) is 31.1 Å². The van der Waals surface area contributed by atoms with Gasteiger partial charge in [0.05, 0.1) is 0 Å². The standard InChI is InChI=1S/C12H12N4O2.CH2O2/c1-15-6-8-5-7(3-4-9(8)11(15)17)10-13-12(18)16(2)14-10;2-1-3/h3-5H,6H2,1-2H3,(H,13,14,18);1H,(H,2,3). The van der Waals surface area contributed by atoms with Crippen molar-refractivity contribution in [3.8, 4) is 11.4 Å². The van der Waals surface area contributed by atoms with Crippen LogP contribution in [-0.2, 0) is 18.4 Å². The number of aromatic nitrogens is 3. The van der Waals surface area contributed by atoms with Gasteiger partial charge in [-0.2, -0.15) is 5.10 Å². The fourth-order valence-corrected chi connectivity index (χ4v) is 2.15. The number of fused-ring (bicyclic) bond motifs is 1. The first kappa shape index (κ1) is 14.5. The third kappa shape index (κ3) is 2.69. The number of rotatable bonds is 1. The Morgan fingerprint density at radius 1 is 1.33 bits per heavy atom. The van der Waals surface area contributed by atoms with E-state index in [0.717, 1.165) is 16.7 Å². The molecule has 8 heteroatoms. The third-order valence-electron chi connectivity index (χ3n) is 3.13. The van der Waals surface area contributed by atoms with Crippen molar-refractivity contribution in [2.45, 2.75) is 6.54 Å². The van der Waals surface area contributed by atoms with Crippen LogP contribution in [0.3, 0.4) is 0 Å². The first-order valence-electron chi connectivity index (χ1n) is 6.08. The van der Waals surface area contributed by atoms with Crippen LogP contribution in [0.2, 0.25) is 0 Å². The number of H-pyrrole nitrogens is 1. The van der Waals surface area contributed by atoms with Crippen LogP contribution in [0.15, 0.2) is 23.0 Å². The lowest BCUT2D eigenvalue weighted by atomic mass is 10.1. The summed E-state index contributed by atoms with van der Waals surface area (Å²) in [6, 6.07) is 5.48. The van der Waals surface area contributed by atoms with Crippen LogP contribution in [0, 0.1) is 0 Å². The van der Waals surface area contributed by atoms with Crippen LogP contribution in [0.1, 0.15) is 15.9 Å². The van der Waals surface area contributed by atoms with Gasteiger partial charge in [-0.1, -0.05) is 6.07 Å². The molecular formula is C13H14N4O4. The SMILES string of the molecule is CN1Cc2cc(-c3nn(C)c(=O)[nH]3)ccc2C1=O.O=CO. The highest BCUT2D eigenvalue weighted by Crippen LogP contribution is 2.25. The van der Waals surface area contributed by atoms with Gasteiger partial charge in [0.15, 0.2) is 5.82 Å². The Morgan fingerprint density at radius 2 is 2.00 bits per heavy atom. The molecule has 2 heterocycles. The quantitative estimate of drug-likeness (QED) is 0.722. The summed E-state index contributed by atoms with van der Waals surface area (Å²) in [4.78, 5) is 35.8. The van der Waals surface area contributed by atoms with Gasteiger partial charge >= 0.3 is 5.69 Å². The Kier molecular flexibility index (Phi) is 3.88. The number of amides is 1. The first-order chi connectivity index (χ1) is 9.97. The molecule has 0 fully saturated rings. The molecule has 110 valence electrons. The molecule has 3 rings (SSSR count). The molecule has 1 amide bonds. The number of benzene rings is 1. The van der Waals surface area contributed by atoms with E-state index in [0.29, 0.717) is 12.4 Å². The van der Waals surface area contributed by atoms with E-state index in [2.05, 4.69) is 10.1 Å². The Balaban J connectivity index is 0.000000497. The molecule has 0 unspecified atom stereocenters. The van der Waals surface area contributed by atoms with Crippen molar-refractivity contribution in [3.63, 3.8) is 0 Å². The predicted molar refractivity (Wildman–Crippen MR) is 73.8 cm³/mol. The molecule has 0 spiro atoms. The summed E-state index contributed by atoms with van der Waals surface area (Å²) in [5.41, 5.74) is 2.25. The molecule has 0 saturated carbocycles. The third-order valence-corrected chi connectivity index (χ3v) is 3.13. The molecule has 1 aliphatic heterocycles. The van der Waals surface area contributed by atoms with E-state index in [9.17, 15) is 9.59 Å². The number of carboxylic acid groups (broad SMARTS) is 1. The maximum atomic E-state index is 11.8. The number of hydrogen-bond acceptors (Lipinski definition) is 4. The molecule has 0 aliphatic carbocycles. The molecule has 2 aromatic rings. The minimum atomic E-state index is -0.251. The number of carbonyl (C=O) groups excluding carboxylic acids is 1. The number of carbonyl (C=O) groups is 2. The van der Waals surface area contributed by atoms with Crippen LogP contribution in [0.5, 0.6) is 0 Å². The first-order valence-corrected chi connectivity index (χ1v) is 6.08. The molecule has 0 saturated heterocycles. The number of aryl methyl sites for hydroxylation is 1. The van der Waals surface area contributed by atoms with Crippen molar-refractivity contribution in [2.24, 2.45) is 7.05 Å². The average Bonchev–Trinajstić information content (AvgIpc) is 2.92. The van der Waals surface area contributed by atoms with Gasteiger partial charge in [0.1, 0.15) is 0 Å². The fraction of sp³-hybridized carbons (Fsp3) is 0.231. The van der Waals surface area contributed by atoms with Crippen LogP contribution in [0.4, 0.5) is 0 Å². The summed E-state index contributed by atoms with van der Waals surface area (Å²) < 4.78 is 1.25. The van der Waals surface area contributed by atoms with Gasteiger partial charge in [-0.3, -0.25) is 14.6 Å². The van der Waals surface area contributed by atoms with E-state index >= 15 is 0 Å². The lowest BCUT2D eigenvalue weighted by Crippen LogP contribution is -2.17. The Morgan fingerprint density at radius 3 is 2.57 bits per heavy atom. The van der Waals surface area contributed by atoms with E-state index in [1.807, 2.05) is 6.07 Å². The smallest absolute Gasteiger partial charge is 0.343 e. The van der Waals surface area contributed by atoms with Crippen molar-refractivity contribution in [3.05, 3.63) is 39.8 Å². The van der Waals surface area contributed by atoms with Gasteiger partial charge in [-0.05, 0) is 17.7 Å². The van der Waals surface area contributed by atoms with E-state index in [1.165, 1.54) is 4.68 Å². The molecule has 1 aromatic heterocycles. The zero-order valence-electron chi connectivity index (χ0n) is 11.5. The van der Waals surface area contributed by atoms with Gasteiger partial charge in [-0.25, -0.2) is 9.48 Å². The summed E-state index contributed by atoms with van der Waals surface area (Å²) in [7, 11) is 3.36. The monoisotopic (exact) mass is 290 g/mol. The zero-order chi connectivity index (χ0) is 15.6. The molecule has 0 bridgehead atoms. The number of aromatic amines is 1. The second-order valence-electron chi connectivity index (χ2n) is 4.54. The largest absolute Gasteiger partial charge is 0.483 e. The van der Waals surface area contributed by atoms with Crippen molar-refractivity contribution >= 4 is 12.4 Å². The number of hydrogen-bond donors (Lipinski definition) is 2. The van der Waals surface area contributed by atoms with Gasteiger partial charge in [0, 0.05) is 31.8 Å². The lowest BCUT2D eigenvalue weighted by molar-refractivity contribution is -0.122. The van der Waals surface area contributed by atoms with Crippen molar-refractivity contribution in [2.75, 3.05) is 7.05 Å². The molecule has 21 heavy (non-hydrogen) atoms. The van der Waals surface area contributed by atoms with Crippen LogP contribution >= 0.6 is 0 Å². The van der Waals surface area contributed by atoms with Crippen molar-refractivity contribution < 1.29 is 14.7 Å². The van der Waals surface area contributed by atoms with Gasteiger partial charge in [-0.15, -0.1) is 0 Å². The van der Waals surface area contributed by atoms with E-state index < -0.39 is 0 Å². The van der Waals surface area contributed by atoms with Crippen LogP contribution < -0.4 is 5.69 Å². The summed E-state index contributed by atoms with van der Waals surface area (Å²) >= 11 is 0. The predicted octanol–water partition coefficient (Wildman–Crippen LogP) is 0.0618. The maximum absolute atomic E-state index is 11.8. The summed E-state index contributed by atoms with van der Waals surface area (Å²) in [6.45, 7) is 0.346. The Bertz CT molecular complexity index is 747. The number of nitrogens with one attached hydrogen (secondary N) is 1. The molecule has 1 aromatic carbocycles. The van der Waals surface area contributed by atoms with Crippen molar-refractivity contribution in [1.82, 2.24) is 19.7 Å². The highest BCUT2D eigenvalue weighted by molar-refractivity contribution is 5.98. The highest BCUT2D eigenvalue weighted by Gasteiger charge is 2.24. The van der Waals surface area contributed by atoms with Crippen LogP contribution in [0.25, 0.3) is 11.4 Å². The lowest BCUT2D eigenvalue weighted by Gasteiger charge is -2.04. The van der Waals surface area contributed by atoms with E-state index in [4.69, 9.17) is 9.90 Å². The molecule has 8 nitrogen and oxygen atoms in total. The molecule has 1 aliphatic rings. The Labute approximate surface area is 119 Å².